The molecule has 1 N–H and O–H groups in total. The first-order chi connectivity index (χ1) is 15.5. The highest BCUT2D eigenvalue weighted by atomic mass is 35.5. The minimum Gasteiger partial charge on any atom is -0.341 e. The molecule has 4 rings (SSSR count). The van der Waals surface area contributed by atoms with Crippen LogP contribution in [0, 0.1) is 5.92 Å². The molecule has 1 aromatic carbocycles. The Kier molecular flexibility index (Phi) is 7.32. The lowest BCUT2D eigenvalue weighted by Gasteiger charge is -2.33. The number of benzene rings is 1. The fourth-order valence-corrected chi connectivity index (χ4v) is 5.13. The van der Waals surface area contributed by atoms with E-state index in [2.05, 4.69) is 5.32 Å². The number of amides is 4. The SMILES string of the molecule is O=C(Nc1cccc(Cl)c1)N1CCCN(C(=O)C2CCN(C(=O)c3cccs3)CC2)CC1. The average Bonchev–Trinajstić information content (AvgIpc) is 3.22. The molecule has 9 heteroatoms. The van der Waals surface area contributed by atoms with Gasteiger partial charge in [-0.3, -0.25) is 9.59 Å². The van der Waals surface area contributed by atoms with Crippen LogP contribution in [0.5, 0.6) is 0 Å². The van der Waals surface area contributed by atoms with Crippen LogP contribution in [0.3, 0.4) is 0 Å². The van der Waals surface area contributed by atoms with Crippen LogP contribution in [0.25, 0.3) is 0 Å². The summed E-state index contributed by atoms with van der Waals surface area (Å²) in [6.45, 7) is 3.48. The lowest BCUT2D eigenvalue weighted by Crippen LogP contribution is -2.45. The smallest absolute Gasteiger partial charge is 0.321 e. The number of anilines is 1. The Balaban J connectivity index is 1.26. The van der Waals surface area contributed by atoms with E-state index in [0.717, 1.165) is 11.3 Å². The van der Waals surface area contributed by atoms with Crippen molar-refractivity contribution < 1.29 is 14.4 Å². The number of carbonyl (C=O) groups excluding carboxylic acids is 3. The summed E-state index contributed by atoms with van der Waals surface area (Å²) in [4.78, 5) is 44.5. The highest BCUT2D eigenvalue weighted by Gasteiger charge is 2.32. The molecular formula is C23H27ClN4O3S. The van der Waals surface area contributed by atoms with Gasteiger partial charge < -0.3 is 20.0 Å². The number of piperidine rings is 1. The fourth-order valence-electron chi connectivity index (χ4n) is 4.25. The zero-order valence-electron chi connectivity index (χ0n) is 17.8. The quantitative estimate of drug-likeness (QED) is 0.730. The van der Waals surface area contributed by atoms with Crippen LogP contribution in [0.4, 0.5) is 10.5 Å². The lowest BCUT2D eigenvalue weighted by molar-refractivity contribution is -0.136. The predicted octanol–water partition coefficient (Wildman–Crippen LogP) is 4.02. The molecule has 4 amide bonds. The van der Waals surface area contributed by atoms with E-state index in [9.17, 15) is 14.4 Å². The molecule has 170 valence electrons. The molecule has 0 bridgehead atoms. The number of hydrogen-bond donors (Lipinski definition) is 1. The van der Waals surface area contributed by atoms with E-state index in [-0.39, 0.29) is 23.8 Å². The Morgan fingerprint density at radius 2 is 1.66 bits per heavy atom. The van der Waals surface area contributed by atoms with Crippen molar-refractivity contribution >= 4 is 46.5 Å². The number of halogens is 1. The Hall–Kier alpha value is -2.58. The molecule has 2 aliphatic rings. The highest BCUT2D eigenvalue weighted by Crippen LogP contribution is 2.23. The third-order valence-corrected chi connectivity index (χ3v) is 7.13. The minimum absolute atomic E-state index is 0.0574. The summed E-state index contributed by atoms with van der Waals surface area (Å²) < 4.78 is 0. The molecule has 0 unspecified atom stereocenters. The molecule has 0 saturated carbocycles. The maximum absolute atomic E-state index is 13.1. The van der Waals surface area contributed by atoms with Crippen LogP contribution in [0.1, 0.15) is 28.9 Å². The maximum Gasteiger partial charge on any atom is 0.321 e. The van der Waals surface area contributed by atoms with E-state index in [1.807, 2.05) is 27.3 Å². The second-order valence-corrected chi connectivity index (χ2v) is 9.53. The summed E-state index contributed by atoms with van der Waals surface area (Å²) in [6, 6.07) is 10.6. The second kappa shape index (κ2) is 10.4. The first-order valence-corrected chi connectivity index (χ1v) is 12.2. The summed E-state index contributed by atoms with van der Waals surface area (Å²) in [5.74, 6) is 0.140. The van der Waals surface area contributed by atoms with Gasteiger partial charge in [0.15, 0.2) is 0 Å². The van der Waals surface area contributed by atoms with E-state index in [1.165, 1.54) is 11.3 Å². The molecule has 0 atom stereocenters. The van der Waals surface area contributed by atoms with Crippen LogP contribution in [-0.2, 0) is 4.79 Å². The minimum atomic E-state index is -0.179. The van der Waals surface area contributed by atoms with E-state index in [4.69, 9.17) is 11.6 Å². The van der Waals surface area contributed by atoms with Crippen molar-refractivity contribution in [2.75, 3.05) is 44.6 Å². The number of rotatable bonds is 3. The van der Waals surface area contributed by atoms with Gasteiger partial charge >= 0.3 is 6.03 Å². The van der Waals surface area contributed by atoms with Crippen molar-refractivity contribution in [3.05, 3.63) is 51.7 Å². The summed E-state index contributed by atoms with van der Waals surface area (Å²) in [5, 5.41) is 5.35. The van der Waals surface area contributed by atoms with Gasteiger partial charge in [0.25, 0.3) is 5.91 Å². The normalized spacial score (nSPS) is 17.7. The first-order valence-electron chi connectivity index (χ1n) is 10.9. The van der Waals surface area contributed by atoms with Gasteiger partial charge in [-0.25, -0.2) is 4.79 Å². The highest BCUT2D eigenvalue weighted by molar-refractivity contribution is 7.12. The number of carbonyl (C=O) groups is 3. The fraction of sp³-hybridized carbons (Fsp3) is 0.435. The number of likely N-dealkylation sites (tertiary alicyclic amines) is 1. The molecule has 2 fully saturated rings. The van der Waals surface area contributed by atoms with Gasteiger partial charge in [0, 0.05) is 55.9 Å². The molecule has 2 aliphatic heterocycles. The van der Waals surface area contributed by atoms with E-state index >= 15 is 0 Å². The molecule has 32 heavy (non-hydrogen) atoms. The predicted molar refractivity (Wildman–Crippen MR) is 126 cm³/mol. The summed E-state index contributed by atoms with van der Waals surface area (Å²) in [6.07, 6.45) is 2.11. The van der Waals surface area contributed by atoms with Crippen LogP contribution in [0.2, 0.25) is 5.02 Å². The second-order valence-electron chi connectivity index (χ2n) is 8.15. The molecule has 7 nitrogen and oxygen atoms in total. The Labute approximate surface area is 196 Å². The monoisotopic (exact) mass is 474 g/mol. The van der Waals surface area contributed by atoms with Crippen molar-refractivity contribution in [2.45, 2.75) is 19.3 Å². The average molecular weight is 475 g/mol. The standard InChI is InChI=1S/C23H27ClN4O3S/c24-18-4-1-5-19(16-18)25-23(31)28-10-3-9-26(13-14-28)21(29)17-7-11-27(12-8-17)22(30)20-6-2-15-32-20/h1-2,4-6,15-17H,3,7-14H2,(H,25,31). The molecule has 1 aromatic heterocycles. The zero-order valence-corrected chi connectivity index (χ0v) is 19.4. The van der Waals surface area contributed by atoms with Gasteiger partial charge in [0.05, 0.1) is 4.88 Å². The number of thiophene rings is 1. The van der Waals surface area contributed by atoms with Crippen LogP contribution >= 0.6 is 22.9 Å². The van der Waals surface area contributed by atoms with Crippen LogP contribution < -0.4 is 5.32 Å². The van der Waals surface area contributed by atoms with Crippen molar-refractivity contribution in [3.63, 3.8) is 0 Å². The lowest BCUT2D eigenvalue weighted by atomic mass is 9.95. The van der Waals surface area contributed by atoms with Gasteiger partial charge in [-0.1, -0.05) is 23.7 Å². The molecule has 0 aliphatic carbocycles. The topological polar surface area (TPSA) is 73.0 Å². The van der Waals surface area contributed by atoms with Crippen LogP contribution in [-0.4, -0.2) is 71.8 Å². The number of nitrogens with one attached hydrogen (secondary N) is 1. The number of nitrogens with zero attached hydrogens (tertiary/aromatic N) is 3. The number of hydrogen-bond acceptors (Lipinski definition) is 4. The van der Waals surface area contributed by atoms with Crippen LogP contribution in [0.15, 0.2) is 41.8 Å². The Bertz CT molecular complexity index is 960. The van der Waals surface area contributed by atoms with Crippen molar-refractivity contribution in [1.29, 1.82) is 0 Å². The van der Waals surface area contributed by atoms with E-state index < -0.39 is 0 Å². The summed E-state index contributed by atoms with van der Waals surface area (Å²) >= 11 is 7.44. The van der Waals surface area contributed by atoms with Gasteiger partial charge in [-0.2, -0.15) is 0 Å². The molecule has 0 spiro atoms. The van der Waals surface area contributed by atoms with E-state index in [1.54, 1.807) is 29.2 Å². The molecule has 3 heterocycles. The van der Waals surface area contributed by atoms with Crippen molar-refractivity contribution in [3.8, 4) is 0 Å². The first kappa shape index (κ1) is 22.6. The summed E-state index contributed by atoms with van der Waals surface area (Å²) in [7, 11) is 0. The zero-order chi connectivity index (χ0) is 22.5. The third kappa shape index (κ3) is 5.42. The largest absolute Gasteiger partial charge is 0.341 e. The molecular weight excluding hydrogens is 448 g/mol. The molecule has 2 aromatic rings. The summed E-state index contributed by atoms with van der Waals surface area (Å²) in [5.41, 5.74) is 0.656. The van der Waals surface area contributed by atoms with Gasteiger partial charge in [0.1, 0.15) is 0 Å². The Morgan fingerprint density at radius 1 is 0.906 bits per heavy atom. The van der Waals surface area contributed by atoms with Gasteiger partial charge in [-0.15, -0.1) is 11.3 Å². The van der Waals surface area contributed by atoms with E-state index in [0.29, 0.717) is 62.8 Å². The molecule has 0 radical (unpaired) electrons. The van der Waals surface area contributed by atoms with Crippen molar-refractivity contribution in [1.82, 2.24) is 14.7 Å². The third-order valence-electron chi connectivity index (χ3n) is 6.03. The Morgan fingerprint density at radius 3 is 2.38 bits per heavy atom. The molecule has 2 saturated heterocycles. The van der Waals surface area contributed by atoms with Gasteiger partial charge in [-0.05, 0) is 48.9 Å². The van der Waals surface area contributed by atoms with Crippen molar-refractivity contribution in [2.24, 2.45) is 5.92 Å². The number of urea groups is 1. The maximum atomic E-state index is 13.1. The van der Waals surface area contributed by atoms with Gasteiger partial charge in [0.2, 0.25) is 5.91 Å².